The van der Waals surface area contributed by atoms with E-state index < -0.39 is 0 Å². The first kappa shape index (κ1) is 12.5. The van der Waals surface area contributed by atoms with E-state index in [-0.39, 0.29) is 17.8 Å². The third kappa shape index (κ3) is 2.30. The van der Waals surface area contributed by atoms with Crippen LogP contribution in [0, 0.1) is 0 Å². The molecule has 1 aliphatic rings. The zero-order valence-electron chi connectivity index (χ0n) is 10.9. The van der Waals surface area contributed by atoms with Crippen molar-refractivity contribution in [2.24, 2.45) is 0 Å². The van der Waals surface area contributed by atoms with Gasteiger partial charge in [-0.1, -0.05) is 18.2 Å². The number of benzene rings is 1. The van der Waals surface area contributed by atoms with Gasteiger partial charge in [0, 0.05) is 18.2 Å². The number of anilines is 1. The van der Waals surface area contributed by atoms with Crippen molar-refractivity contribution in [2.75, 3.05) is 12.3 Å². The lowest BCUT2D eigenvalue weighted by atomic mass is 10.0. The molecule has 1 aliphatic heterocycles. The summed E-state index contributed by atoms with van der Waals surface area (Å²) in [4.78, 5) is 16.2. The number of amides is 1. The molecule has 3 rings (SSSR count). The van der Waals surface area contributed by atoms with Crippen molar-refractivity contribution in [1.29, 1.82) is 0 Å². The zero-order valence-corrected chi connectivity index (χ0v) is 10.9. The maximum atomic E-state index is 12.3. The minimum atomic E-state index is -0.211. The lowest BCUT2D eigenvalue weighted by molar-refractivity contribution is 0.0925. The van der Waals surface area contributed by atoms with Crippen molar-refractivity contribution in [1.82, 2.24) is 10.3 Å². The molecule has 0 radical (unpaired) electrons. The molecule has 1 aromatic carbocycles. The largest absolute Gasteiger partial charge is 0.493 e. The van der Waals surface area contributed by atoms with Crippen LogP contribution in [-0.4, -0.2) is 17.5 Å². The molecule has 1 aromatic heterocycles. The molecular formula is C15H15N3O2. The van der Waals surface area contributed by atoms with Crippen molar-refractivity contribution in [2.45, 2.75) is 12.5 Å². The van der Waals surface area contributed by atoms with Crippen molar-refractivity contribution in [3.63, 3.8) is 0 Å². The summed E-state index contributed by atoms with van der Waals surface area (Å²) in [5.41, 5.74) is 7.12. The van der Waals surface area contributed by atoms with E-state index in [0.29, 0.717) is 12.2 Å². The number of nitrogen functional groups attached to an aromatic ring is 1. The molecule has 20 heavy (non-hydrogen) atoms. The molecule has 0 saturated heterocycles. The quantitative estimate of drug-likeness (QED) is 0.873. The normalized spacial score (nSPS) is 16.9. The Labute approximate surface area is 116 Å². The van der Waals surface area contributed by atoms with Gasteiger partial charge >= 0.3 is 0 Å². The monoisotopic (exact) mass is 269 g/mol. The van der Waals surface area contributed by atoms with Gasteiger partial charge < -0.3 is 15.8 Å². The third-order valence-corrected chi connectivity index (χ3v) is 3.35. The lowest BCUT2D eigenvalue weighted by Crippen LogP contribution is -2.32. The second kappa shape index (κ2) is 5.21. The number of para-hydroxylation sites is 1. The maximum Gasteiger partial charge on any atom is 0.255 e. The highest BCUT2D eigenvalue weighted by Crippen LogP contribution is 2.31. The fourth-order valence-corrected chi connectivity index (χ4v) is 2.34. The molecule has 0 saturated carbocycles. The van der Waals surface area contributed by atoms with E-state index in [1.165, 1.54) is 0 Å². The Morgan fingerprint density at radius 2 is 2.15 bits per heavy atom. The van der Waals surface area contributed by atoms with Crippen LogP contribution in [0.15, 0.2) is 42.6 Å². The lowest BCUT2D eigenvalue weighted by Gasteiger charge is -2.26. The molecule has 1 unspecified atom stereocenters. The molecule has 5 heteroatoms. The van der Waals surface area contributed by atoms with Crippen LogP contribution in [0.5, 0.6) is 5.75 Å². The summed E-state index contributed by atoms with van der Waals surface area (Å²) in [6.07, 6.45) is 2.30. The van der Waals surface area contributed by atoms with Crippen LogP contribution < -0.4 is 15.8 Å². The summed E-state index contributed by atoms with van der Waals surface area (Å²) in [5, 5.41) is 2.99. The first-order valence-electron chi connectivity index (χ1n) is 6.49. The average Bonchev–Trinajstić information content (AvgIpc) is 2.48. The number of carbonyl (C=O) groups excluding carboxylic acids is 1. The second-order valence-electron chi connectivity index (χ2n) is 4.64. The fraction of sp³-hybridized carbons (Fsp3) is 0.200. The van der Waals surface area contributed by atoms with E-state index in [4.69, 9.17) is 10.5 Å². The van der Waals surface area contributed by atoms with Crippen LogP contribution in [-0.2, 0) is 0 Å². The molecule has 0 aliphatic carbocycles. The van der Waals surface area contributed by atoms with Crippen LogP contribution >= 0.6 is 0 Å². The Hall–Kier alpha value is -2.56. The number of nitrogens with one attached hydrogen (secondary N) is 1. The molecule has 2 aromatic rings. The molecule has 1 atom stereocenters. The summed E-state index contributed by atoms with van der Waals surface area (Å²) in [5.74, 6) is 0.853. The number of fused-ring (bicyclic) bond motifs is 1. The predicted octanol–water partition coefficient (Wildman–Crippen LogP) is 1.92. The van der Waals surface area contributed by atoms with Crippen LogP contribution in [0.3, 0.4) is 0 Å². The molecule has 0 fully saturated rings. The topological polar surface area (TPSA) is 77.2 Å². The van der Waals surface area contributed by atoms with Gasteiger partial charge in [-0.25, -0.2) is 4.98 Å². The number of rotatable bonds is 2. The van der Waals surface area contributed by atoms with Crippen molar-refractivity contribution < 1.29 is 9.53 Å². The van der Waals surface area contributed by atoms with Gasteiger partial charge in [-0.3, -0.25) is 4.79 Å². The first-order valence-corrected chi connectivity index (χ1v) is 6.49. The number of aromatic nitrogens is 1. The van der Waals surface area contributed by atoms with Gasteiger partial charge in [-0.15, -0.1) is 0 Å². The highest BCUT2D eigenvalue weighted by molar-refractivity contribution is 5.98. The molecule has 1 amide bonds. The van der Waals surface area contributed by atoms with Gasteiger partial charge in [0.25, 0.3) is 5.91 Å². The Bertz CT molecular complexity index is 643. The first-order chi connectivity index (χ1) is 9.75. The van der Waals surface area contributed by atoms with Crippen molar-refractivity contribution in [3.8, 4) is 5.75 Å². The predicted molar refractivity (Wildman–Crippen MR) is 75.4 cm³/mol. The summed E-state index contributed by atoms with van der Waals surface area (Å²) < 4.78 is 5.58. The highest BCUT2D eigenvalue weighted by Gasteiger charge is 2.23. The van der Waals surface area contributed by atoms with Gasteiger partial charge in [0.15, 0.2) is 0 Å². The smallest absolute Gasteiger partial charge is 0.255 e. The van der Waals surface area contributed by atoms with Gasteiger partial charge in [0.1, 0.15) is 11.6 Å². The molecule has 3 N–H and O–H groups in total. The Morgan fingerprint density at radius 3 is 3.00 bits per heavy atom. The minimum absolute atomic E-state index is 0.0629. The number of nitrogens with zero attached hydrogens (tertiary/aromatic N) is 1. The molecule has 5 nitrogen and oxygen atoms in total. The average molecular weight is 269 g/mol. The summed E-state index contributed by atoms with van der Waals surface area (Å²) in [7, 11) is 0. The number of hydrogen-bond donors (Lipinski definition) is 2. The van der Waals surface area contributed by atoms with Crippen LogP contribution in [0.1, 0.15) is 28.4 Å². The number of carbonyl (C=O) groups is 1. The van der Waals surface area contributed by atoms with E-state index in [1.54, 1.807) is 18.3 Å². The van der Waals surface area contributed by atoms with Gasteiger partial charge in [0.05, 0.1) is 18.2 Å². The molecule has 0 spiro atoms. The number of ether oxygens (including phenoxy) is 1. The van der Waals surface area contributed by atoms with E-state index in [1.807, 2.05) is 24.3 Å². The van der Waals surface area contributed by atoms with Crippen LogP contribution in [0.25, 0.3) is 0 Å². The fourth-order valence-electron chi connectivity index (χ4n) is 2.34. The summed E-state index contributed by atoms with van der Waals surface area (Å²) >= 11 is 0. The Kier molecular flexibility index (Phi) is 3.25. The Morgan fingerprint density at radius 1 is 1.30 bits per heavy atom. The number of nitrogens with two attached hydrogens (primary N) is 1. The highest BCUT2D eigenvalue weighted by atomic mass is 16.5. The number of hydrogen-bond acceptors (Lipinski definition) is 4. The molecule has 0 bridgehead atoms. The van der Waals surface area contributed by atoms with Crippen molar-refractivity contribution in [3.05, 3.63) is 53.7 Å². The van der Waals surface area contributed by atoms with Gasteiger partial charge in [0.2, 0.25) is 0 Å². The molecule has 102 valence electrons. The van der Waals surface area contributed by atoms with E-state index in [2.05, 4.69) is 10.3 Å². The Balaban J connectivity index is 1.83. The van der Waals surface area contributed by atoms with Gasteiger partial charge in [-0.05, 0) is 18.2 Å². The van der Waals surface area contributed by atoms with E-state index in [0.717, 1.165) is 17.7 Å². The van der Waals surface area contributed by atoms with Gasteiger partial charge in [-0.2, -0.15) is 0 Å². The summed E-state index contributed by atoms with van der Waals surface area (Å²) in [6.45, 7) is 0.588. The van der Waals surface area contributed by atoms with E-state index >= 15 is 0 Å². The zero-order chi connectivity index (χ0) is 13.9. The molecule has 2 heterocycles. The van der Waals surface area contributed by atoms with Crippen LogP contribution in [0.2, 0.25) is 0 Å². The van der Waals surface area contributed by atoms with E-state index in [9.17, 15) is 4.79 Å². The SMILES string of the molecule is Nc1ncccc1C(=O)NC1CCOc2ccccc21. The number of pyridine rings is 1. The van der Waals surface area contributed by atoms with Crippen molar-refractivity contribution >= 4 is 11.7 Å². The third-order valence-electron chi connectivity index (χ3n) is 3.35. The maximum absolute atomic E-state index is 12.3. The minimum Gasteiger partial charge on any atom is -0.493 e. The van der Waals surface area contributed by atoms with Crippen LogP contribution in [0.4, 0.5) is 5.82 Å². The standard InChI is InChI=1S/C15H15N3O2/c16-14-11(5-3-8-17-14)15(19)18-12-7-9-20-13-6-2-1-4-10(12)13/h1-6,8,12H,7,9H2,(H2,16,17)(H,18,19). The summed E-state index contributed by atoms with van der Waals surface area (Å²) in [6, 6.07) is 11.0. The second-order valence-corrected chi connectivity index (χ2v) is 4.64. The molecular weight excluding hydrogens is 254 g/mol.